The van der Waals surface area contributed by atoms with E-state index >= 15 is 0 Å². The van der Waals surface area contributed by atoms with Gasteiger partial charge in [0.15, 0.2) is 0 Å². The van der Waals surface area contributed by atoms with Crippen LogP contribution >= 0.6 is 23.4 Å². The Kier molecular flexibility index (Phi) is 5.24. The third-order valence-corrected chi connectivity index (χ3v) is 6.37. The van der Waals surface area contributed by atoms with Gasteiger partial charge in [-0.3, -0.25) is 0 Å². The van der Waals surface area contributed by atoms with Crippen LogP contribution in [0.15, 0.2) is 83.8 Å². The molecule has 0 fully saturated rings. The van der Waals surface area contributed by atoms with Gasteiger partial charge in [-0.25, -0.2) is 0 Å². The first-order chi connectivity index (χ1) is 13.2. The zero-order valence-corrected chi connectivity index (χ0v) is 17.1. The smallest absolute Gasteiger partial charge is 0.0620 e. The molecular weight excluding hydrogens is 368 g/mol. The molecule has 4 aromatic carbocycles. The Hall–Kier alpha value is -2.22. The Labute approximate surface area is 170 Å². The van der Waals surface area contributed by atoms with Crippen LogP contribution in [0.3, 0.4) is 0 Å². The molecule has 0 N–H and O–H groups in total. The molecule has 0 aromatic heterocycles. The molecule has 4 rings (SSSR count). The van der Waals surface area contributed by atoms with Crippen molar-refractivity contribution in [2.24, 2.45) is 0 Å². The number of benzene rings is 4. The molecule has 0 nitrogen and oxygen atoms in total. The highest BCUT2D eigenvalue weighted by atomic mass is 35.5. The molecular formula is C25H21ClS. The first-order valence-electron chi connectivity index (χ1n) is 9.17. The van der Waals surface area contributed by atoms with Gasteiger partial charge in [0.1, 0.15) is 0 Å². The molecule has 0 bridgehead atoms. The molecule has 4 aromatic rings. The quantitative estimate of drug-likeness (QED) is 0.318. The Morgan fingerprint density at radius 1 is 0.741 bits per heavy atom. The number of rotatable bonds is 4. The summed E-state index contributed by atoms with van der Waals surface area (Å²) in [6, 6.07) is 28.0. The van der Waals surface area contributed by atoms with E-state index in [1.165, 1.54) is 33.0 Å². The minimum Gasteiger partial charge on any atom is -0.128 e. The highest BCUT2D eigenvalue weighted by molar-refractivity contribution is 7.98. The number of hydrogen-bond donors (Lipinski definition) is 0. The van der Waals surface area contributed by atoms with E-state index < -0.39 is 0 Å². The predicted molar refractivity (Wildman–Crippen MR) is 121 cm³/mol. The van der Waals surface area contributed by atoms with E-state index in [0.29, 0.717) is 0 Å². The molecule has 0 saturated heterocycles. The van der Waals surface area contributed by atoms with Crippen LogP contribution in [-0.2, 0) is 6.42 Å². The monoisotopic (exact) mass is 388 g/mol. The maximum absolute atomic E-state index is 6.77. The van der Waals surface area contributed by atoms with Crippen molar-refractivity contribution in [3.05, 3.63) is 89.4 Å². The average Bonchev–Trinajstić information content (AvgIpc) is 2.73. The summed E-state index contributed by atoms with van der Waals surface area (Å²) < 4.78 is 0. The van der Waals surface area contributed by atoms with Crippen LogP contribution in [0.2, 0.25) is 5.02 Å². The first kappa shape index (κ1) is 18.2. The molecule has 27 heavy (non-hydrogen) atoms. The van der Waals surface area contributed by atoms with Crippen molar-refractivity contribution in [2.45, 2.75) is 18.2 Å². The highest BCUT2D eigenvalue weighted by Crippen LogP contribution is 2.42. The van der Waals surface area contributed by atoms with E-state index in [1.807, 2.05) is 0 Å². The van der Waals surface area contributed by atoms with Crippen molar-refractivity contribution in [1.29, 1.82) is 0 Å². The van der Waals surface area contributed by atoms with Gasteiger partial charge in [0.05, 0.1) is 5.02 Å². The van der Waals surface area contributed by atoms with E-state index in [4.69, 9.17) is 11.6 Å². The van der Waals surface area contributed by atoms with Crippen LogP contribution in [0, 0.1) is 0 Å². The second-order valence-corrected chi connectivity index (χ2v) is 7.77. The number of aryl methyl sites for hydroxylation is 1. The second kappa shape index (κ2) is 7.80. The molecule has 0 saturated carbocycles. The number of halogens is 1. The van der Waals surface area contributed by atoms with Crippen LogP contribution in [0.1, 0.15) is 12.5 Å². The molecule has 134 valence electrons. The lowest BCUT2D eigenvalue weighted by molar-refractivity contribution is 1.15. The molecule has 0 amide bonds. The molecule has 0 aliphatic rings. The van der Waals surface area contributed by atoms with Crippen LogP contribution in [-0.4, -0.2) is 6.26 Å². The summed E-state index contributed by atoms with van der Waals surface area (Å²) in [6.45, 7) is 2.22. The Morgan fingerprint density at radius 2 is 1.44 bits per heavy atom. The van der Waals surface area contributed by atoms with E-state index in [2.05, 4.69) is 92.0 Å². The fourth-order valence-corrected chi connectivity index (χ4v) is 4.70. The topological polar surface area (TPSA) is 0 Å². The molecule has 0 unspecified atom stereocenters. The fraction of sp³-hybridized carbons (Fsp3) is 0.120. The summed E-state index contributed by atoms with van der Waals surface area (Å²) >= 11 is 8.46. The lowest BCUT2D eigenvalue weighted by Crippen LogP contribution is -1.93. The standard InChI is InChI=1S/C25H21ClS/c1-3-17-15-16-18-9-4-5-10-19(18)24(17)21-12-7-6-11-20(21)22-13-8-14-23(27-2)25(22)26/h4-16H,3H2,1-2H3. The summed E-state index contributed by atoms with van der Waals surface area (Å²) in [5.74, 6) is 0. The summed E-state index contributed by atoms with van der Waals surface area (Å²) in [7, 11) is 0. The zero-order valence-electron chi connectivity index (χ0n) is 15.5. The molecule has 0 heterocycles. The van der Waals surface area contributed by atoms with Gasteiger partial charge in [-0.2, -0.15) is 0 Å². The minimum absolute atomic E-state index is 0.829. The number of hydrogen-bond acceptors (Lipinski definition) is 1. The van der Waals surface area contributed by atoms with Gasteiger partial charge in [-0.05, 0) is 51.8 Å². The Bertz CT molecular complexity index is 1110. The van der Waals surface area contributed by atoms with Crippen molar-refractivity contribution >= 4 is 34.1 Å². The molecule has 2 heteroatoms. The molecule has 0 aliphatic heterocycles. The lowest BCUT2D eigenvalue weighted by atomic mass is 9.87. The summed E-state index contributed by atoms with van der Waals surface area (Å²) in [4.78, 5) is 1.11. The second-order valence-electron chi connectivity index (χ2n) is 6.54. The van der Waals surface area contributed by atoms with E-state index in [9.17, 15) is 0 Å². The van der Waals surface area contributed by atoms with Crippen LogP contribution in [0.4, 0.5) is 0 Å². The van der Waals surface area contributed by atoms with Crippen molar-refractivity contribution in [1.82, 2.24) is 0 Å². The maximum Gasteiger partial charge on any atom is 0.0620 e. The zero-order chi connectivity index (χ0) is 18.8. The molecule has 0 radical (unpaired) electrons. The normalized spacial score (nSPS) is 11.1. The number of fused-ring (bicyclic) bond motifs is 1. The van der Waals surface area contributed by atoms with Gasteiger partial charge >= 0.3 is 0 Å². The van der Waals surface area contributed by atoms with Gasteiger partial charge in [-0.15, -0.1) is 11.8 Å². The van der Waals surface area contributed by atoms with Crippen LogP contribution in [0.5, 0.6) is 0 Å². The SMILES string of the molecule is CCc1ccc2ccccc2c1-c1ccccc1-c1cccc(SC)c1Cl. The van der Waals surface area contributed by atoms with Crippen molar-refractivity contribution in [3.8, 4) is 22.3 Å². The highest BCUT2D eigenvalue weighted by Gasteiger charge is 2.16. The Balaban J connectivity index is 2.05. The maximum atomic E-state index is 6.77. The minimum atomic E-state index is 0.829. The molecule has 0 atom stereocenters. The van der Waals surface area contributed by atoms with E-state index in [-0.39, 0.29) is 0 Å². The van der Waals surface area contributed by atoms with Gasteiger partial charge in [0.2, 0.25) is 0 Å². The van der Waals surface area contributed by atoms with E-state index in [1.54, 1.807) is 11.8 Å². The Morgan fingerprint density at radius 3 is 2.22 bits per heavy atom. The van der Waals surface area contributed by atoms with Gasteiger partial charge in [-0.1, -0.05) is 91.3 Å². The van der Waals surface area contributed by atoms with Gasteiger partial charge in [0.25, 0.3) is 0 Å². The third kappa shape index (κ3) is 3.26. The molecule has 0 aliphatic carbocycles. The van der Waals surface area contributed by atoms with Crippen molar-refractivity contribution in [2.75, 3.05) is 6.26 Å². The van der Waals surface area contributed by atoms with Gasteiger partial charge < -0.3 is 0 Å². The van der Waals surface area contributed by atoms with Crippen LogP contribution in [0.25, 0.3) is 33.0 Å². The largest absolute Gasteiger partial charge is 0.128 e. The lowest BCUT2D eigenvalue weighted by Gasteiger charge is -2.17. The summed E-state index contributed by atoms with van der Waals surface area (Å²) in [5, 5.41) is 3.39. The van der Waals surface area contributed by atoms with Crippen molar-refractivity contribution in [3.63, 3.8) is 0 Å². The predicted octanol–water partition coefficient (Wildman–Crippen LogP) is 8.11. The summed E-state index contributed by atoms with van der Waals surface area (Å²) in [6.07, 6.45) is 3.06. The van der Waals surface area contributed by atoms with Gasteiger partial charge in [0, 0.05) is 10.5 Å². The van der Waals surface area contributed by atoms with Crippen LogP contribution < -0.4 is 0 Å². The number of thioether (sulfide) groups is 1. The first-order valence-corrected chi connectivity index (χ1v) is 10.8. The molecule has 0 spiro atoms. The summed E-state index contributed by atoms with van der Waals surface area (Å²) in [5.41, 5.74) is 6.19. The fourth-order valence-electron chi connectivity index (χ4n) is 3.74. The average molecular weight is 389 g/mol. The van der Waals surface area contributed by atoms with E-state index in [0.717, 1.165) is 21.9 Å². The van der Waals surface area contributed by atoms with Crippen molar-refractivity contribution < 1.29 is 0 Å². The third-order valence-electron chi connectivity index (χ3n) is 5.07.